The summed E-state index contributed by atoms with van der Waals surface area (Å²) in [5.41, 5.74) is -0.542. The van der Waals surface area contributed by atoms with Gasteiger partial charge < -0.3 is 5.11 Å². The quantitative estimate of drug-likeness (QED) is 0.787. The Labute approximate surface area is 125 Å². The second-order valence-electron chi connectivity index (χ2n) is 4.30. The third-order valence-corrected chi connectivity index (χ3v) is 4.50. The molecular formula is C15H13BrClFO. The molecule has 0 fully saturated rings. The lowest BCUT2D eigenvalue weighted by Crippen LogP contribution is -2.27. The standard InChI is InChI=1S/C15H13BrClFO/c1-2-15(19,10-6-4-3-5-7-10)11-8-9-12(16)13(17)14(11)18/h3-9,19H,2H2,1H3. The minimum absolute atomic E-state index is 0.0136. The summed E-state index contributed by atoms with van der Waals surface area (Å²) in [6.45, 7) is 1.81. The third-order valence-electron chi connectivity index (χ3n) is 3.24. The van der Waals surface area contributed by atoms with E-state index in [1.807, 2.05) is 25.1 Å². The molecule has 0 amide bonds. The molecule has 4 heteroatoms. The summed E-state index contributed by atoms with van der Waals surface area (Å²) < 4.78 is 14.8. The van der Waals surface area contributed by atoms with Gasteiger partial charge in [0.25, 0.3) is 0 Å². The van der Waals surface area contributed by atoms with Crippen LogP contribution in [0.3, 0.4) is 0 Å². The van der Waals surface area contributed by atoms with Gasteiger partial charge in [-0.1, -0.05) is 54.9 Å². The first-order chi connectivity index (χ1) is 9.00. The largest absolute Gasteiger partial charge is 0.380 e. The first-order valence-corrected chi connectivity index (χ1v) is 7.09. The summed E-state index contributed by atoms with van der Waals surface area (Å²) in [5, 5.41) is 10.8. The van der Waals surface area contributed by atoms with Crippen LogP contribution in [0.5, 0.6) is 0 Å². The molecule has 0 aliphatic rings. The second kappa shape index (κ2) is 5.61. The molecule has 2 aromatic rings. The summed E-state index contributed by atoms with van der Waals surface area (Å²) >= 11 is 9.07. The molecule has 0 spiro atoms. The second-order valence-corrected chi connectivity index (χ2v) is 5.54. The molecule has 0 aromatic heterocycles. The topological polar surface area (TPSA) is 20.2 Å². The first kappa shape index (κ1) is 14.5. The van der Waals surface area contributed by atoms with Crippen molar-refractivity contribution in [2.75, 3.05) is 0 Å². The molecule has 0 heterocycles. The molecule has 1 N–H and O–H groups in total. The lowest BCUT2D eigenvalue weighted by Gasteiger charge is -2.28. The van der Waals surface area contributed by atoms with E-state index in [-0.39, 0.29) is 10.6 Å². The van der Waals surface area contributed by atoms with Gasteiger partial charge in [0.1, 0.15) is 11.4 Å². The maximum atomic E-state index is 14.3. The molecule has 0 saturated carbocycles. The van der Waals surface area contributed by atoms with Crippen molar-refractivity contribution in [1.82, 2.24) is 0 Å². The number of rotatable bonds is 3. The van der Waals surface area contributed by atoms with Crippen LogP contribution in [-0.2, 0) is 5.60 Å². The molecule has 1 atom stereocenters. The van der Waals surface area contributed by atoms with Crippen molar-refractivity contribution in [3.05, 3.63) is 68.9 Å². The normalized spacial score (nSPS) is 14.2. The molecule has 19 heavy (non-hydrogen) atoms. The lowest BCUT2D eigenvalue weighted by atomic mass is 9.84. The van der Waals surface area contributed by atoms with E-state index in [2.05, 4.69) is 15.9 Å². The van der Waals surface area contributed by atoms with Crippen LogP contribution < -0.4 is 0 Å². The molecule has 0 radical (unpaired) electrons. The Kier molecular flexibility index (Phi) is 4.29. The number of aliphatic hydroxyl groups is 1. The highest BCUT2D eigenvalue weighted by Crippen LogP contribution is 2.38. The van der Waals surface area contributed by atoms with Gasteiger partial charge in [0.05, 0.1) is 5.02 Å². The van der Waals surface area contributed by atoms with E-state index in [9.17, 15) is 9.50 Å². The van der Waals surface area contributed by atoms with E-state index in [1.165, 1.54) is 0 Å². The van der Waals surface area contributed by atoms with Gasteiger partial charge in [-0.2, -0.15) is 0 Å². The number of benzene rings is 2. The Morgan fingerprint density at radius 3 is 2.42 bits per heavy atom. The predicted molar refractivity (Wildman–Crippen MR) is 78.8 cm³/mol. The van der Waals surface area contributed by atoms with Crippen molar-refractivity contribution in [1.29, 1.82) is 0 Å². The van der Waals surface area contributed by atoms with Crippen LogP contribution in [0.25, 0.3) is 0 Å². The monoisotopic (exact) mass is 342 g/mol. The van der Waals surface area contributed by atoms with E-state index in [4.69, 9.17) is 11.6 Å². The minimum atomic E-state index is -1.38. The van der Waals surface area contributed by atoms with Crippen LogP contribution in [0.1, 0.15) is 24.5 Å². The zero-order valence-electron chi connectivity index (χ0n) is 10.3. The SMILES string of the molecule is CCC(O)(c1ccccc1)c1ccc(Br)c(Cl)c1F. The maximum Gasteiger partial charge on any atom is 0.149 e. The maximum absolute atomic E-state index is 14.3. The molecule has 0 bridgehead atoms. The number of hydrogen-bond acceptors (Lipinski definition) is 1. The predicted octanol–water partition coefficient (Wildman–Crippen LogP) is 4.89. The Morgan fingerprint density at radius 2 is 1.84 bits per heavy atom. The van der Waals surface area contributed by atoms with Crippen LogP contribution in [0, 0.1) is 5.82 Å². The van der Waals surface area contributed by atoms with Crippen molar-refractivity contribution in [3.8, 4) is 0 Å². The minimum Gasteiger partial charge on any atom is -0.380 e. The van der Waals surface area contributed by atoms with Gasteiger partial charge in [-0.3, -0.25) is 0 Å². The van der Waals surface area contributed by atoms with Crippen LogP contribution in [0.2, 0.25) is 5.02 Å². The van der Waals surface area contributed by atoms with Crippen LogP contribution in [0.15, 0.2) is 46.9 Å². The Bertz CT molecular complexity index is 588. The summed E-state index contributed by atoms with van der Waals surface area (Å²) in [7, 11) is 0. The molecule has 0 aliphatic carbocycles. The first-order valence-electron chi connectivity index (χ1n) is 5.92. The van der Waals surface area contributed by atoms with Gasteiger partial charge in [0, 0.05) is 10.0 Å². The zero-order valence-corrected chi connectivity index (χ0v) is 12.7. The third kappa shape index (κ3) is 2.55. The van der Waals surface area contributed by atoms with Crippen molar-refractivity contribution in [2.24, 2.45) is 0 Å². The molecule has 0 aliphatic heterocycles. The summed E-state index contributed by atoms with van der Waals surface area (Å²) in [5.74, 6) is -0.593. The van der Waals surface area contributed by atoms with Crippen molar-refractivity contribution in [2.45, 2.75) is 18.9 Å². The zero-order chi connectivity index (χ0) is 14.0. The molecule has 2 rings (SSSR count). The highest BCUT2D eigenvalue weighted by atomic mass is 79.9. The van der Waals surface area contributed by atoms with Crippen LogP contribution >= 0.6 is 27.5 Å². The van der Waals surface area contributed by atoms with E-state index in [0.29, 0.717) is 16.5 Å². The van der Waals surface area contributed by atoms with Crippen LogP contribution in [0.4, 0.5) is 4.39 Å². The van der Waals surface area contributed by atoms with Gasteiger partial charge in [-0.25, -0.2) is 4.39 Å². The number of halogens is 3. The fourth-order valence-electron chi connectivity index (χ4n) is 2.11. The highest BCUT2D eigenvalue weighted by molar-refractivity contribution is 9.10. The fraction of sp³-hybridized carbons (Fsp3) is 0.200. The van der Waals surface area contributed by atoms with Gasteiger partial charge in [0.15, 0.2) is 0 Å². The van der Waals surface area contributed by atoms with Crippen molar-refractivity contribution >= 4 is 27.5 Å². The Hall–Kier alpha value is -0.900. The van der Waals surface area contributed by atoms with E-state index < -0.39 is 11.4 Å². The molecule has 0 saturated heterocycles. The van der Waals surface area contributed by atoms with Crippen LogP contribution in [-0.4, -0.2) is 5.11 Å². The van der Waals surface area contributed by atoms with E-state index >= 15 is 0 Å². The average Bonchev–Trinajstić information content (AvgIpc) is 2.45. The van der Waals surface area contributed by atoms with Crippen molar-refractivity contribution in [3.63, 3.8) is 0 Å². The summed E-state index contributed by atoms with van der Waals surface area (Å²) in [6, 6.07) is 12.2. The van der Waals surface area contributed by atoms with Gasteiger partial charge in [-0.05, 0) is 34.0 Å². The summed E-state index contributed by atoms with van der Waals surface area (Å²) in [4.78, 5) is 0. The lowest BCUT2D eigenvalue weighted by molar-refractivity contribution is 0.0726. The Morgan fingerprint density at radius 1 is 1.21 bits per heavy atom. The smallest absolute Gasteiger partial charge is 0.149 e. The molecule has 1 nitrogen and oxygen atoms in total. The fourth-order valence-corrected chi connectivity index (χ4v) is 2.58. The molecule has 100 valence electrons. The van der Waals surface area contributed by atoms with Gasteiger partial charge in [0.2, 0.25) is 0 Å². The molecular weight excluding hydrogens is 331 g/mol. The van der Waals surface area contributed by atoms with Gasteiger partial charge >= 0.3 is 0 Å². The highest BCUT2D eigenvalue weighted by Gasteiger charge is 2.33. The van der Waals surface area contributed by atoms with E-state index in [1.54, 1.807) is 24.3 Å². The van der Waals surface area contributed by atoms with Gasteiger partial charge in [-0.15, -0.1) is 0 Å². The van der Waals surface area contributed by atoms with E-state index in [0.717, 1.165) is 0 Å². The molecule has 2 aromatic carbocycles. The van der Waals surface area contributed by atoms with Crippen molar-refractivity contribution < 1.29 is 9.50 Å². The molecule has 1 unspecified atom stereocenters. The average molecular weight is 344 g/mol. The Balaban J connectivity index is 2.63. The summed E-state index contributed by atoms with van der Waals surface area (Å²) in [6.07, 6.45) is 0.353. The number of hydrogen-bond donors (Lipinski definition) is 1.